The Labute approximate surface area is 126 Å². The van der Waals surface area contributed by atoms with E-state index in [-0.39, 0.29) is 6.54 Å². The molecule has 0 saturated heterocycles. The fraction of sp³-hybridized carbons (Fsp3) is 0.286. The fourth-order valence-electron chi connectivity index (χ4n) is 1.53. The molecule has 1 aromatic carbocycles. The number of benzene rings is 1. The first-order chi connectivity index (χ1) is 10.4. The summed E-state index contributed by atoms with van der Waals surface area (Å²) in [7, 11) is 0. The van der Waals surface area contributed by atoms with E-state index in [0.717, 1.165) is 0 Å². The molecule has 118 valence electrons. The van der Waals surface area contributed by atoms with Crippen molar-refractivity contribution in [3.8, 4) is 0 Å². The fourth-order valence-corrected chi connectivity index (χ4v) is 1.53. The molecule has 0 saturated carbocycles. The Hall–Kier alpha value is -2.90. The minimum atomic E-state index is -1.18. The number of carboxylic acid groups (broad SMARTS) is 1. The van der Waals surface area contributed by atoms with Gasteiger partial charge in [0.1, 0.15) is 12.6 Å². The highest BCUT2D eigenvalue weighted by molar-refractivity contribution is 5.97. The van der Waals surface area contributed by atoms with Gasteiger partial charge in [-0.2, -0.15) is 0 Å². The van der Waals surface area contributed by atoms with Crippen LogP contribution in [0.15, 0.2) is 30.3 Å². The highest BCUT2D eigenvalue weighted by Gasteiger charge is 2.16. The van der Waals surface area contributed by atoms with Crippen LogP contribution in [-0.4, -0.2) is 47.9 Å². The predicted octanol–water partition coefficient (Wildman–Crippen LogP) is -0.878. The second-order valence-electron chi connectivity index (χ2n) is 4.45. The second kappa shape index (κ2) is 8.40. The molecule has 22 heavy (non-hydrogen) atoms. The van der Waals surface area contributed by atoms with Crippen molar-refractivity contribution in [2.24, 2.45) is 0 Å². The van der Waals surface area contributed by atoms with Gasteiger partial charge in [0.15, 0.2) is 0 Å². The van der Waals surface area contributed by atoms with Crippen LogP contribution in [0.2, 0.25) is 0 Å². The highest BCUT2D eigenvalue weighted by Crippen LogP contribution is 1.97. The summed E-state index contributed by atoms with van der Waals surface area (Å²) >= 11 is 0. The highest BCUT2D eigenvalue weighted by atomic mass is 16.4. The first kappa shape index (κ1) is 17.2. The Kier molecular flexibility index (Phi) is 6.55. The SMILES string of the molecule is CC(NC(=O)CNC(=O)c1ccccc1)C(=O)NCC(=O)O. The molecule has 0 spiro atoms. The van der Waals surface area contributed by atoms with Crippen molar-refractivity contribution < 1.29 is 24.3 Å². The summed E-state index contributed by atoms with van der Waals surface area (Å²) in [6.45, 7) is 0.599. The number of carboxylic acids is 1. The van der Waals surface area contributed by atoms with Gasteiger partial charge in [-0.05, 0) is 19.1 Å². The molecule has 0 aliphatic rings. The molecule has 0 aliphatic carbocycles. The van der Waals surface area contributed by atoms with Crippen LogP contribution in [0.5, 0.6) is 0 Å². The first-order valence-corrected chi connectivity index (χ1v) is 6.52. The molecular formula is C14H17N3O5. The van der Waals surface area contributed by atoms with Crippen molar-refractivity contribution in [1.82, 2.24) is 16.0 Å². The Morgan fingerprint density at radius 1 is 1.05 bits per heavy atom. The number of rotatable bonds is 7. The average molecular weight is 307 g/mol. The lowest BCUT2D eigenvalue weighted by Crippen LogP contribution is -2.48. The van der Waals surface area contributed by atoms with Gasteiger partial charge >= 0.3 is 5.97 Å². The van der Waals surface area contributed by atoms with E-state index in [1.54, 1.807) is 30.3 Å². The van der Waals surface area contributed by atoms with Crippen molar-refractivity contribution in [2.45, 2.75) is 13.0 Å². The van der Waals surface area contributed by atoms with Gasteiger partial charge in [-0.25, -0.2) is 0 Å². The molecule has 4 N–H and O–H groups in total. The molecule has 3 amide bonds. The lowest BCUT2D eigenvalue weighted by molar-refractivity contribution is -0.138. The van der Waals surface area contributed by atoms with Crippen LogP contribution in [0.4, 0.5) is 0 Å². The van der Waals surface area contributed by atoms with Crippen LogP contribution in [-0.2, 0) is 14.4 Å². The van der Waals surface area contributed by atoms with Crippen molar-refractivity contribution in [3.63, 3.8) is 0 Å². The molecule has 0 heterocycles. The van der Waals surface area contributed by atoms with Gasteiger partial charge in [0.25, 0.3) is 5.91 Å². The Morgan fingerprint density at radius 2 is 1.68 bits per heavy atom. The van der Waals surface area contributed by atoms with Crippen LogP contribution in [0.3, 0.4) is 0 Å². The van der Waals surface area contributed by atoms with E-state index in [0.29, 0.717) is 5.56 Å². The molecule has 0 aromatic heterocycles. The number of hydrogen-bond donors (Lipinski definition) is 4. The van der Waals surface area contributed by atoms with Gasteiger partial charge in [-0.15, -0.1) is 0 Å². The third kappa shape index (κ3) is 6.04. The molecular weight excluding hydrogens is 290 g/mol. The maximum atomic E-state index is 11.7. The molecule has 1 atom stereocenters. The van der Waals surface area contributed by atoms with Gasteiger partial charge in [0, 0.05) is 5.56 Å². The summed E-state index contributed by atoms with van der Waals surface area (Å²) in [6, 6.07) is 7.47. The quantitative estimate of drug-likeness (QED) is 0.521. The normalized spacial score (nSPS) is 11.1. The van der Waals surface area contributed by atoms with E-state index in [1.807, 2.05) is 0 Å². The summed E-state index contributed by atoms with van der Waals surface area (Å²) in [4.78, 5) is 45.1. The van der Waals surface area contributed by atoms with Gasteiger partial charge in [0.05, 0.1) is 6.54 Å². The molecule has 0 aliphatic heterocycles. The molecule has 1 unspecified atom stereocenters. The first-order valence-electron chi connectivity index (χ1n) is 6.52. The van der Waals surface area contributed by atoms with Crippen LogP contribution < -0.4 is 16.0 Å². The van der Waals surface area contributed by atoms with Gasteiger partial charge in [-0.3, -0.25) is 19.2 Å². The molecule has 0 fully saturated rings. The van der Waals surface area contributed by atoms with E-state index < -0.39 is 36.3 Å². The minimum absolute atomic E-state index is 0.287. The van der Waals surface area contributed by atoms with E-state index in [2.05, 4.69) is 16.0 Å². The molecule has 1 rings (SSSR count). The van der Waals surface area contributed by atoms with Crippen molar-refractivity contribution in [3.05, 3.63) is 35.9 Å². The third-order valence-electron chi connectivity index (χ3n) is 2.63. The topological polar surface area (TPSA) is 125 Å². The Bertz CT molecular complexity index is 559. The van der Waals surface area contributed by atoms with Crippen LogP contribution in [0, 0.1) is 0 Å². The molecule has 0 bridgehead atoms. The van der Waals surface area contributed by atoms with Crippen LogP contribution in [0.1, 0.15) is 17.3 Å². The molecule has 8 nitrogen and oxygen atoms in total. The number of aliphatic carboxylic acids is 1. The standard InChI is InChI=1S/C14H17N3O5/c1-9(13(21)16-8-12(19)20)17-11(18)7-15-14(22)10-5-3-2-4-6-10/h2-6,9H,7-8H2,1H3,(H,15,22)(H,16,21)(H,17,18)(H,19,20). The zero-order chi connectivity index (χ0) is 16.5. The van der Waals surface area contributed by atoms with E-state index >= 15 is 0 Å². The Balaban J connectivity index is 2.35. The van der Waals surface area contributed by atoms with Crippen molar-refractivity contribution in [2.75, 3.05) is 13.1 Å². The number of carbonyl (C=O) groups excluding carboxylic acids is 3. The van der Waals surface area contributed by atoms with E-state index in [1.165, 1.54) is 6.92 Å². The second-order valence-corrected chi connectivity index (χ2v) is 4.45. The van der Waals surface area contributed by atoms with Crippen molar-refractivity contribution >= 4 is 23.7 Å². The van der Waals surface area contributed by atoms with Gasteiger partial charge in [-0.1, -0.05) is 18.2 Å². The largest absolute Gasteiger partial charge is 0.480 e. The number of amides is 3. The summed E-state index contributed by atoms with van der Waals surface area (Å²) in [5, 5.41) is 15.3. The molecule has 0 radical (unpaired) electrons. The monoisotopic (exact) mass is 307 g/mol. The number of hydrogen-bond acceptors (Lipinski definition) is 4. The number of nitrogens with one attached hydrogen (secondary N) is 3. The Morgan fingerprint density at radius 3 is 2.27 bits per heavy atom. The summed E-state index contributed by atoms with van der Waals surface area (Å²) in [5.74, 6) is -2.76. The predicted molar refractivity (Wildman–Crippen MR) is 77.0 cm³/mol. The minimum Gasteiger partial charge on any atom is -0.480 e. The lowest BCUT2D eigenvalue weighted by Gasteiger charge is -2.13. The average Bonchev–Trinajstić information content (AvgIpc) is 2.50. The van der Waals surface area contributed by atoms with Crippen LogP contribution in [0.25, 0.3) is 0 Å². The third-order valence-corrected chi connectivity index (χ3v) is 2.63. The summed E-state index contributed by atoms with van der Waals surface area (Å²) in [5.41, 5.74) is 0.419. The maximum absolute atomic E-state index is 11.7. The maximum Gasteiger partial charge on any atom is 0.322 e. The smallest absolute Gasteiger partial charge is 0.322 e. The van der Waals surface area contributed by atoms with E-state index in [9.17, 15) is 19.2 Å². The van der Waals surface area contributed by atoms with Crippen LogP contribution >= 0.6 is 0 Å². The van der Waals surface area contributed by atoms with E-state index in [4.69, 9.17) is 5.11 Å². The van der Waals surface area contributed by atoms with Gasteiger partial charge < -0.3 is 21.1 Å². The molecule has 1 aromatic rings. The lowest BCUT2D eigenvalue weighted by atomic mass is 10.2. The van der Waals surface area contributed by atoms with Gasteiger partial charge in [0.2, 0.25) is 11.8 Å². The van der Waals surface area contributed by atoms with Crippen molar-refractivity contribution in [1.29, 1.82) is 0 Å². The summed E-state index contributed by atoms with van der Waals surface area (Å²) < 4.78 is 0. The molecule has 8 heteroatoms. The number of carbonyl (C=O) groups is 4. The summed E-state index contributed by atoms with van der Waals surface area (Å²) in [6.07, 6.45) is 0. The zero-order valence-electron chi connectivity index (χ0n) is 12.0. The zero-order valence-corrected chi connectivity index (χ0v) is 12.0.